The number of hydrogen-bond acceptors (Lipinski definition) is 4. The number of aliphatic carboxylic acids is 1. The van der Waals surface area contributed by atoms with Crippen LogP contribution in [-0.4, -0.2) is 40.8 Å². The largest absolute Gasteiger partial charge is 0.480 e. The van der Waals surface area contributed by atoms with Crippen LogP contribution in [0.3, 0.4) is 0 Å². The molecular formula is C18H23ClN2O5. The molecule has 1 aliphatic rings. The topological polar surface area (TPSA) is 95.9 Å². The fourth-order valence-electron chi connectivity index (χ4n) is 2.85. The second-order valence-electron chi connectivity index (χ2n) is 7.11. The van der Waals surface area contributed by atoms with Crippen LogP contribution in [0.5, 0.6) is 0 Å². The molecule has 8 heteroatoms. The molecule has 2 amide bonds. The SMILES string of the molecule is CC[C@H](NC(=O)OC(C)(C)C)C(=O)N1c2cccc(Cl)c2CC1C(=O)O. The molecule has 0 spiro atoms. The molecule has 1 heterocycles. The highest BCUT2D eigenvalue weighted by atomic mass is 35.5. The molecule has 0 saturated heterocycles. The number of rotatable bonds is 4. The number of benzene rings is 1. The van der Waals surface area contributed by atoms with Crippen molar-refractivity contribution in [2.24, 2.45) is 0 Å². The van der Waals surface area contributed by atoms with E-state index in [0.29, 0.717) is 16.3 Å². The number of halogens is 1. The molecule has 0 saturated carbocycles. The second-order valence-corrected chi connectivity index (χ2v) is 7.52. The standard InChI is InChI=1S/C18H23ClN2O5/c1-5-12(20-17(25)26-18(2,3)4)15(22)21-13-8-6-7-11(19)10(13)9-14(21)16(23)24/h6-8,12,14H,5,9H2,1-4H3,(H,20,25)(H,23,24)/t12-,14?/m0/s1. The predicted octanol–water partition coefficient (Wildman–Crippen LogP) is 2.99. The lowest BCUT2D eigenvalue weighted by molar-refractivity contribution is -0.140. The van der Waals surface area contributed by atoms with Gasteiger partial charge in [-0.25, -0.2) is 9.59 Å². The van der Waals surface area contributed by atoms with Gasteiger partial charge in [-0.05, 0) is 44.9 Å². The minimum Gasteiger partial charge on any atom is -0.480 e. The summed E-state index contributed by atoms with van der Waals surface area (Å²) in [6.07, 6.45) is -0.314. The van der Waals surface area contributed by atoms with Crippen molar-refractivity contribution in [1.82, 2.24) is 5.32 Å². The minimum absolute atomic E-state index is 0.124. The van der Waals surface area contributed by atoms with Crippen LogP contribution in [0.1, 0.15) is 39.7 Å². The van der Waals surface area contributed by atoms with Gasteiger partial charge < -0.3 is 15.2 Å². The smallest absolute Gasteiger partial charge is 0.408 e. The quantitative estimate of drug-likeness (QED) is 0.834. The lowest BCUT2D eigenvalue weighted by Crippen LogP contribution is -2.53. The molecule has 0 radical (unpaired) electrons. The average Bonchev–Trinajstić information content (AvgIpc) is 2.91. The van der Waals surface area contributed by atoms with Crippen molar-refractivity contribution < 1.29 is 24.2 Å². The Bertz CT molecular complexity index is 729. The molecule has 0 aromatic heterocycles. The van der Waals surface area contributed by atoms with Crippen LogP contribution in [0.2, 0.25) is 5.02 Å². The minimum atomic E-state index is -1.13. The lowest BCUT2D eigenvalue weighted by atomic mass is 10.1. The summed E-state index contributed by atoms with van der Waals surface area (Å²) in [5, 5.41) is 12.5. The van der Waals surface area contributed by atoms with Crippen molar-refractivity contribution in [3.8, 4) is 0 Å². The number of ether oxygens (including phenoxy) is 1. The average molecular weight is 383 g/mol. The van der Waals surface area contributed by atoms with E-state index < -0.39 is 35.7 Å². The van der Waals surface area contributed by atoms with E-state index in [1.165, 1.54) is 4.90 Å². The van der Waals surface area contributed by atoms with Crippen LogP contribution < -0.4 is 10.2 Å². The van der Waals surface area contributed by atoms with Crippen molar-refractivity contribution >= 4 is 35.3 Å². The summed E-state index contributed by atoms with van der Waals surface area (Å²) in [6, 6.07) is 3.00. The Balaban J connectivity index is 2.28. The second kappa shape index (κ2) is 7.53. The van der Waals surface area contributed by atoms with Gasteiger partial charge in [0.1, 0.15) is 17.7 Å². The number of carboxylic acids is 1. The first-order valence-electron chi connectivity index (χ1n) is 8.38. The van der Waals surface area contributed by atoms with Crippen LogP contribution in [0.25, 0.3) is 0 Å². The maximum Gasteiger partial charge on any atom is 0.408 e. The number of carbonyl (C=O) groups is 3. The molecule has 1 aromatic carbocycles. The highest BCUT2D eigenvalue weighted by Gasteiger charge is 2.41. The van der Waals surface area contributed by atoms with E-state index in [-0.39, 0.29) is 12.8 Å². The van der Waals surface area contributed by atoms with Gasteiger partial charge in [0.05, 0.1) is 0 Å². The van der Waals surface area contributed by atoms with Crippen LogP contribution in [0.4, 0.5) is 10.5 Å². The lowest BCUT2D eigenvalue weighted by Gasteiger charge is -2.28. The molecule has 0 fully saturated rings. The zero-order valence-corrected chi connectivity index (χ0v) is 16.0. The fraction of sp³-hybridized carbons (Fsp3) is 0.500. The highest BCUT2D eigenvalue weighted by Crippen LogP contribution is 2.37. The van der Waals surface area contributed by atoms with E-state index in [9.17, 15) is 19.5 Å². The van der Waals surface area contributed by atoms with Crippen LogP contribution in [0, 0.1) is 0 Å². The predicted molar refractivity (Wildman–Crippen MR) is 97.5 cm³/mol. The Kier molecular flexibility index (Phi) is 5.81. The number of nitrogens with one attached hydrogen (secondary N) is 1. The number of nitrogens with zero attached hydrogens (tertiary/aromatic N) is 1. The molecule has 26 heavy (non-hydrogen) atoms. The van der Waals surface area contributed by atoms with Crippen molar-refractivity contribution in [2.75, 3.05) is 4.90 Å². The van der Waals surface area contributed by atoms with Crippen molar-refractivity contribution in [3.63, 3.8) is 0 Å². The molecule has 1 aliphatic heterocycles. The van der Waals surface area contributed by atoms with E-state index in [0.717, 1.165) is 0 Å². The number of fused-ring (bicyclic) bond motifs is 1. The molecule has 2 atom stereocenters. The van der Waals surface area contributed by atoms with Crippen molar-refractivity contribution in [3.05, 3.63) is 28.8 Å². The van der Waals surface area contributed by atoms with Crippen molar-refractivity contribution in [2.45, 2.75) is 58.2 Å². The maximum atomic E-state index is 13.0. The van der Waals surface area contributed by atoms with Gasteiger partial charge in [-0.2, -0.15) is 0 Å². The zero-order valence-electron chi connectivity index (χ0n) is 15.2. The van der Waals surface area contributed by atoms with Gasteiger partial charge in [-0.15, -0.1) is 0 Å². The third kappa shape index (κ3) is 4.27. The number of carboxylic acid groups (broad SMARTS) is 1. The first kappa shape index (κ1) is 20.0. The molecule has 0 aliphatic carbocycles. The Morgan fingerprint density at radius 1 is 1.38 bits per heavy atom. The van der Waals surface area contributed by atoms with Crippen LogP contribution >= 0.6 is 11.6 Å². The zero-order chi connectivity index (χ0) is 19.6. The molecule has 7 nitrogen and oxygen atoms in total. The van der Waals surface area contributed by atoms with E-state index in [2.05, 4.69) is 5.32 Å². The molecular weight excluding hydrogens is 360 g/mol. The van der Waals surface area contributed by atoms with Gasteiger partial charge in [0.15, 0.2) is 0 Å². The summed E-state index contributed by atoms with van der Waals surface area (Å²) in [4.78, 5) is 37.9. The summed E-state index contributed by atoms with van der Waals surface area (Å²) >= 11 is 6.16. The molecule has 142 valence electrons. The monoisotopic (exact) mass is 382 g/mol. The Morgan fingerprint density at radius 2 is 2.04 bits per heavy atom. The Hall–Kier alpha value is -2.28. The Labute approximate surface area is 157 Å². The van der Waals surface area contributed by atoms with Crippen LogP contribution in [0.15, 0.2) is 18.2 Å². The normalized spacial score (nSPS) is 17.4. The summed E-state index contributed by atoms with van der Waals surface area (Å²) in [7, 11) is 0. The van der Waals surface area contributed by atoms with Crippen molar-refractivity contribution in [1.29, 1.82) is 0 Å². The van der Waals surface area contributed by atoms with Gasteiger partial charge in [-0.3, -0.25) is 9.69 Å². The third-order valence-corrected chi connectivity index (χ3v) is 4.34. The summed E-state index contributed by atoms with van der Waals surface area (Å²) in [5.74, 6) is -1.63. The number of alkyl carbamates (subject to hydrolysis) is 1. The summed E-state index contributed by atoms with van der Waals surface area (Å²) < 4.78 is 5.19. The number of carbonyl (C=O) groups excluding carboxylic acids is 2. The molecule has 0 bridgehead atoms. The van der Waals surface area contributed by atoms with E-state index >= 15 is 0 Å². The van der Waals surface area contributed by atoms with Gasteiger partial charge in [0.25, 0.3) is 5.91 Å². The van der Waals surface area contributed by atoms with Crippen LogP contribution in [-0.2, 0) is 20.7 Å². The first-order valence-corrected chi connectivity index (χ1v) is 8.75. The maximum absolute atomic E-state index is 13.0. The van der Waals surface area contributed by atoms with Gasteiger partial charge in [0.2, 0.25) is 0 Å². The third-order valence-electron chi connectivity index (χ3n) is 3.98. The summed E-state index contributed by atoms with van der Waals surface area (Å²) in [6.45, 7) is 6.88. The van der Waals surface area contributed by atoms with Gasteiger partial charge in [0, 0.05) is 17.1 Å². The molecule has 1 unspecified atom stereocenters. The number of anilines is 1. The van der Waals surface area contributed by atoms with E-state index in [1.807, 2.05) is 0 Å². The molecule has 2 rings (SSSR count). The summed E-state index contributed by atoms with van der Waals surface area (Å²) in [5.41, 5.74) is 0.365. The fourth-order valence-corrected chi connectivity index (χ4v) is 3.10. The Morgan fingerprint density at radius 3 is 2.58 bits per heavy atom. The number of hydrogen-bond donors (Lipinski definition) is 2. The van der Waals surface area contributed by atoms with E-state index in [1.54, 1.807) is 45.9 Å². The molecule has 2 N–H and O–H groups in total. The first-order chi connectivity index (χ1) is 12.0. The highest BCUT2D eigenvalue weighted by molar-refractivity contribution is 6.32. The van der Waals surface area contributed by atoms with Gasteiger partial charge >= 0.3 is 12.1 Å². The molecule has 1 aromatic rings. The van der Waals surface area contributed by atoms with Gasteiger partial charge in [-0.1, -0.05) is 24.6 Å². The number of amides is 2. The van der Waals surface area contributed by atoms with E-state index in [4.69, 9.17) is 16.3 Å².